The molecule has 1 amide bonds. The van der Waals surface area contributed by atoms with Crippen LogP contribution in [0.2, 0.25) is 0 Å². The molecular formula is C18H22N2O. The van der Waals surface area contributed by atoms with E-state index < -0.39 is 0 Å². The number of piperidine rings is 1. The molecule has 1 aliphatic heterocycles. The summed E-state index contributed by atoms with van der Waals surface area (Å²) in [5, 5.41) is 0.970. The first kappa shape index (κ1) is 14.1. The highest BCUT2D eigenvalue weighted by atomic mass is 16.2. The highest BCUT2D eigenvalue weighted by molar-refractivity contribution is 6.06. The van der Waals surface area contributed by atoms with E-state index in [1.54, 1.807) is 0 Å². The Morgan fingerprint density at radius 1 is 1.14 bits per heavy atom. The van der Waals surface area contributed by atoms with Crippen LogP contribution in [0.5, 0.6) is 0 Å². The van der Waals surface area contributed by atoms with E-state index in [-0.39, 0.29) is 5.91 Å². The Hall–Kier alpha value is -1.90. The Morgan fingerprint density at radius 3 is 2.57 bits per heavy atom. The number of para-hydroxylation sites is 1. The smallest absolute Gasteiger partial charge is 0.254 e. The maximum absolute atomic E-state index is 12.9. The lowest BCUT2D eigenvalue weighted by Gasteiger charge is -2.27. The molecule has 3 heteroatoms. The number of carbonyl (C=O) groups excluding carboxylic acids is 1. The van der Waals surface area contributed by atoms with Crippen LogP contribution in [-0.2, 0) is 0 Å². The fourth-order valence-corrected chi connectivity index (χ4v) is 2.94. The van der Waals surface area contributed by atoms with E-state index in [4.69, 9.17) is 4.98 Å². The lowest BCUT2D eigenvalue weighted by Crippen LogP contribution is -2.35. The number of nitrogens with zero attached hydrogens (tertiary/aromatic N) is 2. The molecule has 1 aromatic heterocycles. The van der Waals surface area contributed by atoms with Crippen LogP contribution in [0.3, 0.4) is 0 Å². The van der Waals surface area contributed by atoms with Crippen molar-refractivity contribution in [2.75, 3.05) is 13.1 Å². The second kappa shape index (κ2) is 5.84. The Balaban J connectivity index is 2.08. The largest absolute Gasteiger partial charge is 0.339 e. The lowest BCUT2D eigenvalue weighted by molar-refractivity contribution is 0.0726. The van der Waals surface area contributed by atoms with E-state index >= 15 is 0 Å². The van der Waals surface area contributed by atoms with Gasteiger partial charge in [0, 0.05) is 24.2 Å². The van der Waals surface area contributed by atoms with Gasteiger partial charge in [0.05, 0.1) is 11.1 Å². The van der Waals surface area contributed by atoms with Gasteiger partial charge in [0.25, 0.3) is 5.91 Å². The summed E-state index contributed by atoms with van der Waals surface area (Å²) in [5.41, 5.74) is 2.73. The predicted molar refractivity (Wildman–Crippen MR) is 85.6 cm³/mol. The molecule has 1 fully saturated rings. The number of aromatic nitrogens is 1. The van der Waals surface area contributed by atoms with Gasteiger partial charge in [-0.1, -0.05) is 32.0 Å². The number of likely N-dealkylation sites (tertiary alicyclic amines) is 1. The van der Waals surface area contributed by atoms with Gasteiger partial charge in [0.1, 0.15) is 0 Å². The minimum atomic E-state index is 0.162. The first-order valence-electron chi connectivity index (χ1n) is 7.86. The van der Waals surface area contributed by atoms with Gasteiger partial charge in [-0.25, -0.2) is 0 Å². The summed E-state index contributed by atoms with van der Waals surface area (Å²) in [6.07, 6.45) is 3.47. The molecule has 1 saturated heterocycles. The molecule has 0 atom stereocenters. The molecule has 21 heavy (non-hydrogen) atoms. The zero-order valence-electron chi connectivity index (χ0n) is 12.8. The van der Waals surface area contributed by atoms with E-state index in [2.05, 4.69) is 13.8 Å². The number of benzene rings is 1. The Kier molecular flexibility index (Phi) is 3.91. The summed E-state index contributed by atoms with van der Waals surface area (Å²) in [4.78, 5) is 19.6. The molecule has 0 N–H and O–H groups in total. The third-order valence-corrected chi connectivity index (χ3v) is 4.20. The molecule has 110 valence electrons. The first-order valence-corrected chi connectivity index (χ1v) is 7.86. The Labute approximate surface area is 126 Å². The molecule has 0 spiro atoms. The van der Waals surface area contributed by atoms with Crippen LogP contribution in [0.4, 0.5) is 0 Å². The van der Waals surface area contributed by atoms with Crippen molar-refractivity contribution in [2.45, 2.75) is 39.0 Å². The topological polar surface area (TPSA) is 33.2 Å². The minimum Gasteiger partial charge on any atom is -0.339 e. The van der Waals surface area contributed by atoms with E-state index in [0.717, 1.165) is 48.1 Å². The van der Waals surface area contributed by atoms with Crippen molar-refractivity contribution in [3.63, 3.8) is 0 Å². The zero-order valence-corrected chi connectivity index (χ0v) is 12.8. The fraction of sp³-hybridized carbons (Fsp3) is 0.444. The third-order valence-electron chi connectivity index (χ3n) is 4.20. The van der Waals surface area contributed by atoms with Crippen LogP contribution in [-0.4, -0.2) is 28.9 Å². The molecule has 0 radical (unpaired) electrons. The minimum absolute atomic E-state index is 0.162. The number of hydrogen-bond acceptors (Lipinski definition) is 2. The summed E-state index contributed by atoms with van der Waals surface area (Å²) in [6.45, 7) is 6.00. The highest BCUT2D eigenvalue weighted by Gasteiger charge is 2.21. The Morgan fingerprint density at radius 2 is 1.86 bits per heavy atom. The average molecular weight is 282 g/mol. The molecule has 0 bridgehead atoms. The van der Waals surface area contributed by atoms with Crippen LogP contribution in [0, 0.1) is 0 Å². The van der Waals surface area contributed by atoms with Gasteiger partial charge in [-0.05, 0) is 37.3 Å². The summed E-state index contributed by atoms with van der Waals surface area (Å²) in [5.74, 6) is 0.484. The predicted octanol–water partition coefficient (Wildman–Crippen LogP) is 3.98. The Bertz CT molecular complexity index is 657. The van der Waals surface area contributed by atoms with Crippen molar-refractivity contribution in [2.24, 2.45) is 0 Å². The molecular weight excluding hydrogens is 260 g/mol. The maximum atomic E-state index is 12.9. The van der Waals surface area contributed by atoms with Crippen molar-refractivity contribution >= 4 is 16.8 Å². The van der Waals surface area contributed by atoms with E-state index in [0.29, 0.717) is 5.92 Å². The van der Waals surface area contributed by atoms with Crippen molar-refractivity contribution in [1.82, 2.24) is 9.88 Å². The number of rotatable bonds is 2. The number of pyridine rings is 1. The van der Waals surface area contributed by atoms with Gasteiger partial charge < -0.3 is 4.90 Å². The van der Waals surface area contributed by atoms with Gasteiger partial charge >= 0.3 is 0 Å². The van der Waals surface area contributed by atoms with Crippen LogP contribution < -0.4 is 0 Å². The van der Waals surface area contributed by atoms with Gasteiger partial charge in [0.2, 0.25) is 0 Å². The van der Waals surface area contributed by atoms with Crippen molar-refractivity contribution in [3.8, 4) is 0 Å². The molecule has 1 aliphatic rings. The molecule has 0 aliphatic carbocycles. The van der Waals surface area contributed by atoms with Crippen molar-refractivity contribution < 1.29 is 4.79 Å². The van der Waals surface area contributed by atoms with Crippen LogP contribution in [0.15, 0.2) is 30.3 Å². The average Bonchev–Trinajstić information content (AvgIpc) is 2.54. The number of amides is 1. The van der Waals surface area contributed by atoms with Crippen LogP contribution in [0.1, 0.15) is 55.1 Å². The summed E-state index contributed by atoms with van der Waals surface area (Å²) >= 11 is 0. The SMILES string of the molecule is CC(C)c1cc(C(=O)N2CCCCC2)c2ccccc2n1. The van der Waals surface area contributed by atoms with E-state index in [1.165, 1.54) is 6.42 Å². The fourth-order valence-electron chi connectivity index (χ4n) is 2.94. The molecule has 1 aromatic carbocycles. The van der Waals surface area contributed by atoms with E-state index in [9.17, 15) is 4.79 Å². The quantitative estimate of drug-likeness (QED) is 0.834. The molecule has 0 saturated carbocycles. The lowest BCUT2D eigenvalue weighted by atomic mass is 10.0. The summed E-state index contributed by atoms with van der Waals surface area (Å²) in [6, 6.07) is 9.95. The summed E-state index contributed by atoms with van der Waals surface area (Å²) < 4.78 is 0. The van der Waals surface area contributed by atoms with Crippen molar-refractivity contribution in [3.05, 3.63) is 41.6 Å². The van der Waals surface area contributed by atoms with Gasteiger partial charge in [-0.2, -0.15) is 0 Å². The number of carbonyl (C=O) groups is 1. The number of fused-ring (bicyclic) bond motifs is 1. The summed E-state index contributed by atoms with van der Waals surface area (Å²) in [7, 11) is 0. The molecule has 3 nitrogen and oxygen atoms in total. The first-order chi connectivity index (χ1) is 10.2. The normalized spacial score (nSPS) is 15.7. The molecule has 2 aromatic rings. The van der Waals surface area contributed by atoms with Crippen LogP contribution >= 0.6 is 0 Å². The second-order valence-electron chi connectivity index (χ2n) is 6.12. The van der Waals surface area contributed by atoms with Gasteiger partial charge in [0.15, 0.2) is 0 Å². The molecule has 2 heterocycles. The standard InChI is InChI=1S/C18H22N2O/c1-13(2)17-12-15(14-8-4-5-9-16(14)19-17)18(21)20-10-6-3-7-11-20/h4-5,8-9,12-13H,3,6-7,10-11H2,1-2H3. The third kappa shape index (κ3) is 2.78. The van der Waals surface area contributed by atoms with Gasteiger partial charge in [-0.15, -0.1) is 0 Å². The van der Waals surface area contributed by atoms with Crippen LogP contribution in [0.25, 0.3) is 10.9 Å². The molecule has 3 rings (SSSR count). The van der Waals surface area contributed by atoms with Gasteiger partial charge in [-0.3, -0.25) is 9.78 Å². The zero-order chi connectivity index (χ0) is 14.8. The maximum Gasteiger partial charge on any atom is 0.254 e. The molecule has 0 unspecified atom stereocenters. The second-order valence-corrected chi connectivity index (χ2v) is 6.12. The van der Waals surface area contributed by atoms with E-state index in [1.807, 2.05) is 35.2 Å². The van der Waals surface area contributed by atoms with Crippen molar-refractivity contribution in [1.29, 1.82) is 0 Å². The monoisotopic (exact) mass is 282 g/mol. The highest BCUT2D eigenvalue weighted by Crippen LogP contribution is 2.24. The number of hydrogen-bond donors (Lipinski definition) is 0.